The van der Waals surface area contributed by atoms with Gasteiger partial charge in [-0.15, -0.1) is 0 Å². The van der Waals surface area contributed by atoms with Crippen LogP contribution < -0.4 is 5.32 Å². The third kappa shape index (κ3) is 4.60. The van der Waals surface area contributed by atoms with Gasteiger partial charge in [0.2, 0.25) is 5.91 Å². The Kier molecular flexibility index (Phi) is 6.23. The van der Waals surface area contributed by atoms with E-state index in [1.165, 1.54) is 37.9 Å². The van der Waals surface area contributed by atoms with Gasteiger partial charge in [0, 0.05) is 26.1 Å². The highest BCUT2D eigenvalue weighted by Crippen LogP contribution is 2.22. The maximum atomic E-state index is 12.3. The molecule has 2 aromatic carbocycles. The standard InChI is InChI=1S/C24H27N3O3/c28-22(12-15-27-23(29)20-6-2-3-7-21(20)24(27)30)25-16-18-8-10-19(11-9-18)17-26-13-4-1-5-14-26/h2-3,6-11H,1,4-5,12-17H2,(H,25,28). The first-order chi connectivity index (χ1) is 14.6. The van der Waals surface area contributed by atoms with Gasteiger partial charge in [0.15, 0.2) is 0 Å². The van der Waals surface area contributed by atoms with Crippen molar-refractivity contribution in [3.05, 3.63) is 70.8 Å². The molecule has 2 heterocycles. The van der Waals surface area contributed by atoms with Crippen molar-refractivity contribution >= 4 is 17.7 Å². The van der Waals surface area contributed by atoms with Gasteiger partial charge in [-0.3, -0.25) is 24.2 Å². The van der Waals surface area contributed by atoms with Crippen LogP contribution in [0.1, 0.15) is 57.5 Å². The number of hydrogen-bond donors (Lipinski definition) is 1. The highest BCUT2D eigenvalue weighted by molar-refractivity contribution is 6.21. The molecule has 0 aliphatic carbocycles. The average Bonchev–Trinajstić information content (AvgIpc) is 3.02. The number of carbonyl (C=O) groups is 3. The molecular weight excluding hydrogens is 378 g/mol. The summed E-state index contributed by atoms with van der Waals surface area (Å²) in [5, 5.41) is 2.88. The van der Waals surface area contributed by atoms with Crippen molar-refractivity contribution in [3.63, 3.8) is 0 Å². The van der Waals surface area contributed by atoms with Crippen molar-refractivity contribution in [2.45, 2.75) is 38.8 Å². The highest BCUT2D eigenvalue weighted by atomic mass is 16.2. The molecule has 30 heavy (non-hydrogen) atoms. The van der Waals surface area contributed by atoms with Gasteiger partial charge in [-0.2, -0.15) is 0 Å². The van der Waals surface area contributed by atoms with Gasteiger partial charge in [0.05, 0.1) is 11.1 Å². The number of piperidine rings is 1. The lowest BCUT2D eigenvalue weighted by molar-refractivity contribution is -0.121. The average molecular weight is 405 g/mol. The second-order valence-corrected chi connectivity index (χ2v) is 7.99. The molecule has 1 fully saturated rings. The maximum Gasteiger partial charge on any atom is 0.261 e. The van der Waals surface area contributed by atoms with Crippen LogP contribution in [0, 0.1) is 0 Å². The summed E-state index contributed by atoms with van der Waals surface area (Å²) in [6, 6.07) is 15.1. The highest BCUT2D eigenvalue weighted by Gasteiger charge is 2.34. The van der Waals surface area contributed by atoms with Gasteiger partial charge in [-0.1, -0.05) is 42.8 Å². The molecule has 3 amide bonds. The Morgan fingerprint density at radius 1 is 0.833 bits per heavy atom. The van der Waals surface area contributed by atoms with E-state index in [2.05, 4.69) is 22.3 Å². The fourth-order valence-electron chi connectivity index (χ4n) is 4.08. The van der Waals surface area contributed by atoms with Crippen molar-refractivity contribution < 1.29 is 14.4 Å². The smallest absolute Gasteiger partial charge is 0.261 e. The van der Waals surface area contributed by atoms with Crippen LogP contribution in [0.3, 0.4) is 0 Å². The second-order valence-electron chi connectivity index (χ2n) is 7.99. The van der Waals surface area contributed by atoms with Crippen LogP contribution in [-0.2, 0) is 17.9 Å². The van der Waals surface area contributed by atoms with E-state index >= 15 is 0 Å². The Balaban J connectivity index is 1.22. The van der Waals surface area contributed by atoms with Crippen LogP contribution in [0.5, 0.6) is 0 Å². The number of amides is 3. The molecule has 6 heteroatoms. The predicted molar refractivity (Wildman–Crippen MR) is 114 cm³/mol. The molecule has 2 aromatic rings. The summed E-state index contributed by atoms with van der Waals surface area (Å²) < 4.78 is 0. The fourth-order valence-corrected chi connectivity index (χ4v) is 4.08. The number of nitrogens with zero attached hydrogens (tertiary/aromatic N) is 2. The molecule has 0 atom stereocenters. The second kappa shape index (κ2) is 9.22. The summed E-state index contributed by atoms with van der Waals surface area (Å²) >= 11 is 0. The monoisotopic (exact) mass is 405 g/mol. The quantitative estimate of drug-likeness (QED) is 0.719. The molecule has 0 bridgehead atoms. The van der Waals surface area contributed by atoms with Gasteiger partial charge in [0.1, 0.15) is 0 Å². The van der Waals surface area contributed by atoms with Gasteiger partial charge >= 0.3 is 0 Å². The number of rotatable bonds is 7. The molecular formula is C24H27N3O3. The van der Waals surface area contributed by atoms with Crippen LogP contribution in [0.4, 0.5) is 0 Å². The summed E-state index contributed by atoms with van der Waals surface area (Å²) in [5.41, 5.74) is 3.14. The lowest BCUT2D eigenvalue weighted by atomic mass is 10.1. The number of imide groups is 1. The lowest BCUT2D eigenvalue weighted by Crippen LogP contribution is -2.34. The van der Waals surface area contributed by atoms with Crippen LogP contribution in [0.2, 0.25) is 0 Å². The molecule has 6 nitrogen and oxygen atoms in total. The molecule has 2 aliphatic rings. The molecule has 0 unspecified atom stereocenters. The van der Waals surface area contributed by atoms with Crippen LogP contribution in [0.25, 0.3) is 0 Å². The maximum absolute atomic E-state index is 12.3. The Morgan fingerprint density at radius 3 is 2.07 bits per heavy atom. The van der Waals surface area contributed by atoms with Crippen LogP contribution in [0.15, 0.2) is 48.5 Å². The third-order valence-electron chi connectivity index (χ3n) is 5.81. The lowest BCUT2D eigenvalue weighted by Gasteiger charge is -2.26. The van der Waals surface area contributed by atoms with E-state index in [9.17, 15) is 14.4 Å². The Morgan fingerprint density at radius 2 is 1.43 bits per heavy atom. The van der Waals surface area contributed by atoms with Gasteiger partial charge in [-0.05, 0) is 49.2 Å². The van der Waals surface area contributed by atoms with Crippen LogP contribution >= 0.6 is 0 Å². The van der Waals surface area contributed by atoms with Crippen molar-refractivity contribution in [1.82, 2.24) is 15.1 Å². The molecule has 0 aromatic heterocycles. The number of benzene rings is 2. The van der Waals surface area contributed by atoms with E-state index in [1.54, 1.807) is 24.3 Å². The SMILES string of the molecule is O=C(CCN1C(=O)c2ccccc2C1=O)NCc1ccc(CN2CCCCC2)cc1. The molecule has 4 rings (SSSR count). The first-order valence-corrected chi connectivity index (χ1v) is 10.6. The van der Waals surface area contributed by atoms with Gasteiger partial charge in [-0.25, -0.2) is 0 Å². The van der Waals surface area contributed by atoms with Crippen molar-refractivity contribution in [1.29, 1.82) is 0 Å². The summed E-state index contributed by atoms with van der Waals surface area (Å²) in [5.74, 6) is -0.829. The molecule has 1 saturated heterocycles. The van der Waals surface area contributed by atoms with E-state index < -0.39 is 0 Å². The van der Waals surface area contributed by atoms with E-state index in [1.807, 2.05) is 12.1 Å². The van der Waals surface area contributed by atoms with E-state index in [0.29, 0.717) is 17.7 Å². The van der Waals surface area contributed by atoms with Crippen molar-refractivity contribution in [2.75, 3.05) is 19.6 Å². The number of nitrogens with one attached hydrogen (secondary N) is 1. The molecule has 0 radical (unpaired) electrons. The first-order valence-electron chi connectivity index (χ1n) is 10.6. The van der Waals surface area contributed by atoms with Gasteiger partial charge in [0.25, 0.3) is 11.8 Å². The normalized spacial score (nSPS) is 16.6. The number of likely N-dealkylation sites (tertiary alicyclic amines) is 1. The van der Waals surface area contributed by atoms with Crippen LogP contribution in [-0.4, -0.2) is 47.2 Å². The zero-order chi connectivity index (χ0) is 20.9. The van der Waals surface area contributed by atoms with E-state index in [-0.39, 0.29) is 30.7 Å². The Labute approximate surface area is 176 Å². The zero-order valence-electron chi connectivity index (χ0n) is 17.1. The Hall–Kier alpha value is -2.99. The molecule has 0 spiro atoms. The minimum Gasteiger partial charge on any atom is -0.352 e. The third-order valence-corrected chi connectivity index (χ3v) is 5.81. The minimum absolute atomic E-state index is 0.0902. The minimum atomic E-state index is -0.326. The largest absolute Gasteiger partial charge is 0.352 e. The predicted octanol–water partition coefficient (Wildman–Crippen LogP) is 2.98. The van der Waals surface area contributed by atoms with Crippen molar-refractivity contribution in [3.8, 4) is 0 Å². The molecule has 156 valence electrons. The number of fused-ring (bicyclic) bond motifs is 1. The molecule has 1 N–H and O–H groups in total. The summed E-state index contributed by atoms with van der Waals surface area (Å²) in [6.45, 7) is 3.85. The van der Waals surface area contributed by atoms with Crippen molar-refractivity contribution in [2.24, 2.45) is 0 Å². The van der Waals surface area contributed by atoms with E-state index in [0.717, 1.165) is 17.0 Å². The first kappa shape index (κ1) is 20.3. The summed E-state index contributed by atoms with van der Waals surface area (Å²) in [6.07, 6.45) is 4.00. The number of carbonyl (C=O) groups excluding carboxylic acids is 3. The summed E-state index contributed by atoms with van der Waals surface area (Å²) in [7, 11) is 0. The molecule has 0 saturated carbocycles. The van der Waals surface area contributed by atoms with E-state index in [4.69, 9.17) is 0 Å². The summed E-state index contributed by atoms with van der Waals surface area (Å²) in [4.78, 5) is 40.5. The van der Waals surface area contributed by atoms with Gasteiger partial charge < -0.3 is 5.32 Å². The zero-order valence-corrected chi connectivity index (χ0v) is 17.1. The number of hydrogen-bond acceptors (Lipinski definition) is 4. The fraction of sp³-hybridized carbons (Fsp3) is 0.375. The Bertz CT molecular complexity index is 898. The topological polar surface area (TPSA) is 69.7 Å². The molecule has 2 aliphatic heterocycles.